The van der Waals surface area contributed by atoms with Crippen molar-refractivity contribution in [1.82, 2.24) is 19.9 Å². The van der Waals surface area contributed by atoms with Crippen LogP contribution in [0.15, 0.2) is 36.4 Å². The standard InChI is InChI=1S/C33H38N4O3/c1-8-37-28-12-11-27(22(6)31(28)34-35-37)30(23(7)33(39)40)25-10-9-24-13-14-36(17-26(24)16-25)32(38)29-20(4)18(2)15-19(3)21(29)5/h9-12,15-16,23,30H,8,13-14,17H2,1-7H3,(H,39,40)/t23-,30+/m1/s1. The maximum Gasteiger partial charge on any atom is 0.307 e. The summed E-state index contributed by atoms with van der Waals surface area (Å²) >= 11 is 0. The SMILES string of the molecule is CCn1nnc2c(C)c([C@H](c3ccc4c(c3)CN(C(=O)c3c(C)c(C)cc(C)c3C)CC4)[C@@H](C)C(=O)O)ccc21. The average Bonchev–Trinajstić information content (AvgIpc) is 3.37. The zero-order valence-electron chi connectivity index (χ0n) is 24.5. The molecule has 0 radical (unpaired) electrons. The van der Waals surface area contributed by atoms with Gasteiger partial charge in [-0.2, -0.15) is 0 Å². The van der Waals surface area contributed by atoms with Crippen LogP contribution in [-0.4, -0.2) is 43.4 Å². The van der Waals surface area contributed by atoms with E-state index in [1.807, 2.05) is 49.4 Å². The lowest BCUT2D eigenvalue weighted by molar-refractivity contribution is -0.141. The second-order valence-electron chi connectivity index (χ2n) is 11.3. The van der Waals surface area contributed by atoms with Crippen LogP contribution in [0.4, 0.5) is 0 Å². The van der Waals surface area contributed by atoms with E-state index < -0.39 is 11.9 Å². The van der Waals surface area contributed by atoms with Gasteiger partial charge < -0.3 is 10.0 Å². The molecule has 0 aliphatic carbocycles. The summed E-state index contributed by atoms with van der Waals surface area (Å²) in [4.78, 5) is 28.1. The van der Waals surface area contributed by atoms with Crippen molar-refractivity contribution in [2.75, 3.05) is 6.54 Å². The number of hydrogen-bond acceptors (Lipinski definition) is 4. The van der Waals surface area contributed by atoms with Crippen molar-refractivity contribution in [3.8, 4) is 0 Å². The van der Waals surface area contributed by atoms with Gasteiger partial charge in [0, 0.05) is 31.1 Å². The third kappa shape index (κ3) is 4.57. The van der Waals surface area contributed by atoms with Crippen LogP contribution in [0.3, 0.4) is 0 Å². The summed E-state index contributed by atoms with van der Waals surface area (Å²) in [7, 11) is 0. The second-order valence-corrected chi connectivity index (χ2v) is 11.3. The van der Waals surface area contributed by atoms with Crippen LogP contribution < -0.4 is 0 Å². The largest absolute Gasteiger partial charge is 0.481 e. The first-order valence-electron chi connectivity index (χ1n) is 14.1. The summed E-state index contributed by atoms with van der Waals surface area (Å²) in [6.07, 6.45) is 0.772. The molecule has 4 aromatic rings. The van der Waals surface area contributed by atoms with Crippen molar-refractivity contribution in [1.29, 1.82) is 0 Å². The molecule has 3 aromatic carbocycles. The molecule has 0 saturated heterocycles. The summed E-state index contributed by atoms with van der Waals surface area (Å²) in [6, 6.07) is 12.5. The van der Waals surface area contributed by atoms with E-state index >= 15 is 0 Å². The quantitative estimate of drug-likeness (QED) is 0.323. The molecule has 5 rings (SSSR count). The Bertz CT molecular complexity index is 1630. The molecule has 1 aliphatic rings. The molecule has 7 heteroatoms. The lowest BCUT2D eigenvalue weighted by Crippen LogP contribution is -2.37. The Morgan fingerprint density at radius 2 is 1.65 bits per heavy atom. The predicted molar refractivity (Wildman–Crippen MR) is 157 cm³/mol. The van der Waals surface area contributed by atoms with Crippen LogP contribution in [0.5, 0.6) is 0 Å². The number of carbonyl (C=O) groups is 2. The van der Waals surface area contributed by atoms with E-state index in [0.717, 1.165) is 67.5 Å². The van der Waals surface area contributed by atoms with Gasteiger partial charge in [0.1, 0.15) is 5.52 Å². The molecule has 0 bridgehead atoms. The van der Waals surface area contributed by atoms with Crippen LogP contribution in [-0.2, 0) is 24.3 Å². The van der Waals surface area contributed by atoms with E-state index in [2.05, 4.69) is 48.4 Å². The third-order valence-corrected chi connectivity index (χ3v) is 8.98. The highest BCUT2D eigenvalue weighted by Gasteiger charge is 2.31. The van der Waals surface area contributed by atoms with Crippen LogP contribution in [0.1, 0.15) is 80.2 Å². The zero-order valence-corrected chi connectivity index (χ0v) is 24.5. The van der Waals surface area contributed by atoms with Crippen molar-refractivity contribution in [3.05, 3.63) is 92.0 Å². The molecule has 1 amide bonds. The van der Waals surface area contributed by atoms with Gasteiger partial charge in [0.25, 0.3) is 5.91 Å². The van der Waals surface area contributed by atoms with Crippen LogP contribution in [0.25, 0.3) is 11.0 Å². The first kappa shape index (κ1) is 27.6. The first-order valence-corrected chi connectivity index (χ1v) is 14.1. The number of carbonyl (C=O) groups excluding carboxylic acids is 1. The van der Waals surface area contributed by atoms with Gasteiger partial charge in [0.2, 0.25) is 0 Å². The Hall–Kier alpha value is -4.00. The fraction of sp³-hybridized carbons (Fsp3) is 0.394. The molecular weight excluding hydrogens is 500 g/mol. The average molecular weight is 539 g/mol. The van der Waals surface area contributed by atoms with Gasteiger partial charge in [0.05, 0.1) is 11.4 Å². The Morgan fingerprint density at radius 3 is 2.30 bits per heavy atom. The van der Waals surface area contributed by atoms with Gasteiger partial charge in [0.15, 0.2) is 0 Å². The highest BCUT2D eigenvalue weighted by molar-refractivity contribution is 5.98. The fourth-order valence-corrected chi connectivity index (χ4v) is 6.27. The minimum absolute atomic E-state index is 0.0635. The monoisotopic (exact) mass is 538 g/mol. The lowest BCUT2D eigenvalue weighted by Gasteiger charge is -2.32. The van der Waals surface area contributed by atoms with E-state index in [0.29, 0.717) is 19.6 Å². The topological polar surface area (TPSA) is 88.3 Å². The summed E-state index contributed by atoms with van der Waals surface area (Å²) in [6.45, 7) is 15.8. The number of hydrogen-bond donors (Lipinski definition) is 1. The number of benzene rings is 3. The van der Waals surface area contributed by atoms with E-state index in [-0.39, 0.29) is 11.8 Å². The number of aryl methyl sites for hydroxylation is 4. The molecule has 1 N–H and O–H groups in total. The molecule has 7 nitrogen and oxygen atoms in total. The van der Waals surface area contributed by atoms with E-state index in [4.69, 9.17) is 0 Å². The normalized spacial score (nSPS) is 14.7. The molecule has 1 aliphatic heterocycles. The number of fused-ring (bicyclic) bond motifs is 2. The highest BCUT2D eigenvalue weighted by Crippen LogP contribution is 2.38. The first-order chi connectivity index (χ1) is 19.0. The summed E-state index contributed by atoms with van der Waals surface area (Å²) < 4.78 is 1.85. The molecule has 2 atom stereocenters. The third-order valence-electron chi connectivity index (χ3n) is 8.98. The molecule has 0 spiro atoms. The minimum Gasteiger partial charge on any atom is -0.481 e. The second kappa shape index (κ2) is 10.5. The summed E-state index contributed by atoms with van der Waals surface area (Å²) in [5.74, 6) is -1.81. The Morgan fingerprint density at radius 1 is 0.950 bits per heavy atom. The van der Waals surface area contributed by atoms with Gasteiger partial charge in [-0.05, 0) is 104 Å². The van der Waals surface area contributed by atoms with Crippen LogP contribution in [0, 0.1) is 40.5 Å². The van der Waals surface area contributed by atoms with Crippen LogP contribution >= 0.6 is 0 Å². The molecular formula is C33H38N4O3. The van der Waals surface area contributed by atoms with Gasteiger partial charge in [-0.3, -0.25) is 9.59 Å². The van der Waals surface area contributed by atoms with Gasteiger partial charge in [-0.1, -0.05) is 42.5 Å². The van der Waals surface area contributed by atoms with Gasteiger partial charge in [-0.15, -0.1) is 5.10 Å². The summed E-state index contributed by atoms with van der Waals surface area (Å²) in [5.41, 5.74) is 12.0. The van der Waals surface area contributed by atoms with Crippen molar-refractivity contribution in [2.45, 2.75) is 73.9 Å². The Balaban J connectivity index is 1.54. The maximum absolute atomic E-state index is 13.8. The lowest BCUT2D eigenvalue weighted by atomic mass is 9.78. The van der Waals surface area contributed by atoms with Crippen molar-refractivity contribution < 1.29 is 14.7 Å². The smallest absolute Gasteiger partial charge is 0.307 e. The molecule has 1 aromatic heterocycles. The molecule has 0 unspecified atom stereocenters. The summed E-state index contributed by atoms with van der Waals surface area (Å²) in [5, 5.41) is 18.8. The molecule has 208 valence electrons. The van der Waals surface area contributed by atoms with Crippen molar-refractivity contribution in [3.63, 3.8) is 0 Å². The fourth-order valence-electron chi connectivity index (χ4n) is 6.27. The van der Waals surface area contributed by atoms with Crippen molar-refractivity contribution in [2.24, 2.45) is 5.92 Å². The number of carboxylic acid groups (broad SMARTS) is 1. The maximum atomic E-state index is 13.8. The van der Waals surface area contributed by atoms with E-state index in [9.17, 15) is 14.7 Å². The predicted octanol–water partition coefficient (Wildman–Crippen LogP) is 6.04. The number of rotatable bonds is 6. The molecule has 40 heavy (non-hydrogen) atoms. The number of aromatic nitrogens is 3. The number of nitrogens with zero attached hydrogens (tertiary/aromatic N) is 4. The molecule has 0 saturated carbocycles. The van der Waals surface area contributed by atoms with Crippen LogP contribution in [0.2, 0.25) is 0 Å². The molecule has 0 fully saturated rings. The Labute approximate surface area is 235 Å². The number of carboxylic acids is 1. The van der Waals surface area contributed by atoms with Gasteiger partial charge in [-0.25, -0.2) is 4.68 Å². The van der Waals surface area contributed by atoms with Gasteiger partial charge >= 0.3 is 5.97 Å². The highest BCUT2D eigenvalue weighted by atomic mass is 16.4. The van der Waals surface area contributed by atoms with Crippen molar-refractivity contribution >= 4 is 22.9 Å². The number of amides is 1. The molecule has 2 heterocycles. The zero-order chi connectivity index (χ0) is 28.9. The number of aliphatic carboxylic acids is 1. The Kier molecular flexibility index (Phi) is 7.25. The van der Waals surface area contributed by atoms with E-state index in [1.165, 1.54) is 5.56 Å². The minimum atomic E-state index is -0.850. The van der Waals surface area contributed by atoms with E-state index in [1.54, 1.807) is 6.92 Å².